The van der Waals surface area contributed by atoms with Crippen molar-refractivity contribution in [3.05, 3.63) is 0 Å². The molecule has 4 nitrogen and oxygen atoms in total. The van der Waals surface area contributed by atoms with Crippen molar-refractivity contribution in [2.24, 2.45) is 5.73 Å². The van der Waals surface area contributed by atoms with Crippen LogP contribution in [0.25, 0.3) is 0 Å². The molecule has 0 saturated heterocycles. The van der Waals surface area contributed by atoms with E-state index >= 15 is 0 Å². The lowest BCUT2D eigenvalue weighted by Crippen LogP contribution is -2.14. The van der Waals surface area contributed by atoms with Crippen LogP contribution in [0.3, 0.4) is 0 Å². The molecule has 0 aromatic carbocycles. The number of alkyl halides is 1. The second kappa shape index (κ2) is 2.55. The molecule has 8 heavy (non-hydrogen) atoms. The average Bonchev–Trinajstić information content (AvgIpc) is 1.62. The highest BCUT2D eigenvalue weighted by Gasteiger charge is 2.26. The first-order valence-corrected chi connectivity index (χ1v) is 3.56. The van der Waals surface area contributed by atoms with E-state index in [1.165, 1.54) is 0 Å². The van der Waals surface area contributed by atoms with Gasteiger partial charge in [0.1, 0.15) is 0 Å². The molecule has 0 amide bonds. The van der Waals surface area contributed by atoms with Crippen LogP contribution in [0, 0.1) is 0 Å². The molecule has 0 saturated carbocycles. The highest BCUT2D eigenvalue weighted by Crippen LogP contribution is 2.40. The predicted molar refractivity (Wildman–Crippen MR) is 26.0 cm³/mol. The molecule has 0 aromatic rings. The lowest BCUT2D eigenvalue weighted by atomic mass is 10.8. The van der Waals surface area contributed by atoms with Crippen LogP contribution in [0.1, 0.15) is 0 Å². The molecule has 0 aliphatic carbocycles. The highest BCUT2D eigenvalue weighted by molar-refractivity contribution is 7.52. The van der Waals surface area contributed by atoms with Crippen molar-refractivity contribution in [1.29, 1.82) is 0 Å². The first-order valence-electron chi connectivity index (χ1n) is 1.88. The molecular weight excluding hydrogens is 136 g/mol. The number of halogens is 1. The third-order valence-electron chi connectivity index (χ3n) is 0.559. The fraction of sp³-hybridized carbons (Fsp3) is 1.00. The fourth-order valence-corrected chi connectivity index (χ4v) is 0.412. The Hall–Kier alpha value is 0.0400. The van der Waals surface area contributed by atoms with Gasteiger partial charge in [0.15, 0.2) is 0 Å². The van der Waals surface area contributed by atoms with Crippen molar-refractivity contribution in [1.82, 2.24) is 0 Å². The number of hydrogen-bond acceptors (Lipinski definition) is 2. The molecule has 50 valence electrons. The van der Waals surface area contributed by atoms with Gasteiger partial charge in [0.05, 0.1) is 0 Å². The maximum Gasteiger partial charge on any atom is 0.360 e. The Labute approximate surface area is 45.7 Å². The molecule has 0 bridgehead atoms. The molecule has 0 aromatic heterocycles. The lowest BCUT2D eigenvalue weighted by Gasteiger charge is -2.04. The van der Waals surface area contributed by atoms with Crippen molar-refractivity contribution >= 4 is 7.60 Å². The summed E-state index contributed by atoms with van der Waals surface area (Å²) < 4.78 is 21.6. The standard InChI is InChI=1S/C2H7FNO3P/c3-2(1-4)8(5,6)7/h2H,1,4H2,(H2,5,6,7). The summed E-state index contributed by atoms with van der Waals surface area (Å²) in [6, 6.07) is 0. The van der Waals surface area contributed by atoms with Crippen LogP contribution in [-0.4, -0.2) is 22.2 Å². The minimum atomic E-state index is -4.55. The Balaban J connectivity index is 3.82. The predicted octanol–water partition coefficient (Wildman–Crippen LogP) is -0.582. The van der Waals surface area contributed by atoms with Gasteiger partial charge in [-0.2, -0.15) is 0 Å². The van der Waals surface area contributed by atoms with Crippen molar-refractivity contribution in [3.8, 4) is 0 Å². The van der Waals surface area contributed by atoms with E-state index in [4.69, 9.17) is 9.79 Å². The Morgan fingerprint density at radius 3 is 2.12 bits per heavy atom. The van der Waals surface area contributed by atoms with Crippen LogP contribution in [0.2, 0.25) is 0 Å². The summed E-state index contributed by atoms with van der Waals surface area (Å²) in [5.41, 5.74) is 4.59. The van der Waals surface area contributed by atoms with Crippen molar-refractivity contribution < 1.29 is 18.7 Å². The Morgan fingerprint density at radius 1 is 1.75 bits per heavy atom. The summed E-state index contributed by atoms with van der Waals surface area (Å²) in [6.07, 6.45) is 0. The summed E-state index contributed by atoms with van der Waals surface area (Å²) in [6.45, 7) is -0.635. The van der Waals surface area contributed by atoms with Gasteiger partial charge in [0.25, 0.3) is 0 Å². The summed E-state index contributed by atoms with van der Waals surface area (Å²) in [5.74, 6) is -2.21. The fourth-order valence-electron chi connectivity index (χ4n) is 0.137. The minimum absolute atomic E-state index is 0.635. The largest absolute Gasteiger partial charge is 0.360 e. The van der Waals surface area contributed by atoms with E-state index in [-0.39, 0.29) is 0 Å². The molecule has 0 aliphatic heterocycles. The summed E-state index contributed by atoms with van der Waals surface area (Å²) >= 11 is 0. The third kappa shape index (κ3) is 2.37. The van der Waals surface area contributed by atoms with Crippen molar-refractivity contribution in [2.75, 3.05) is 6.54 Å². The van der Waals surface area contributed by atoms with Crippen LogP contribution in [0.4, 0.5) is 4.39 Å². The molecule has 0 heterocycles. The Kier molecular flexibility index (Phi) is 2.56. The Bertz CT molecular complexity index is 112. The zero-order chi connectivity index (χ0) is 6.78. The number of rotatable bonds is 2. The van der Waals surface area contributed by atoms with E-state index in [1.54, 1.807) is 0 Å². The van der Waals surface area contributed by atoms with Gasteiger partial charge < -0.3 is 15.5 Å². The van der Waals surface area contributed by atoms with E-state index in [0.29, 0.717) is 0 Å². The molecule has 0 fully saturated rings. The van der Waals surface area contributed by atoms with E-state index in [9.17, 15) is 8.96 Å². The molecule has 0 radical (unpaired) electrons. The van der Waals surface area contributed by atoms with Gasteiger partial charge in [-0.3, -0.25) is 4.57 Å². The summed E-state index contributed by atoms with van der Waals surface area (Å²) in [4.78, 5) is 15.9. The quantitative estimate of drug-likeness (QED) is 0.451. The Morgan fingerprint density at radius 2 is 2.12 bits per heavy atom. The zero-order valence-corrected chi connectivity index (χ0v) is 4.88. The number of hydrogen-bond donors (Lipinski definition) is 3. The molecular formula is C2H7FNO3P. The lowest BCUT2D eigenvalue weighted by molar-refractivity contribution is 0.303. The molecule has 1 unspecified atom stereocenters. The van der Waals surface area contributed by atoms with Gasteiger partial charge in [-0.05, 0) is 0 Å². The minimum Gasteiger partial charge on any atom is -0.327 e. The van der Waals surface area contributed by atoms with Gasteiger partial charge in [-0.1, -0.05) is 0 Å². The topological polar surface area (TPSA) is 83.6 Å². The van der Waals surface area contributed by atoms with E-state index < -0.39 is 20.1 Å². The maximum atomic E-state index is 11.8. The number of nitrogens with two attached hydrogens (primary N) is 1. The highest BCUT2D eigenvalue weighted by atomic mass is 31.2. The van der Waals surface area contributed by atoms with E-state index in [1.807, 2.05) is 0 Å². The first kappa shape index (κ1) is 8.04. The monoisotopic (exact) mass is 143 g/mol. The molecule has 6 heteroatoms. The van der Waals surface area contributed by atoms with Crippen LogP contribution >= 0.6 is 7.60 Å². The SMILES string of the molecule is NCC(F)P(=O)(O)O. The second-order valence-corrected chi connectivity index (χ2v) is 3.00. The summed E-state index contributed by atoms with van der Waals surface area (Å²) in [7, 11) is -4.55. The molecule has 1 atom stereocenters. The average molecular weight is 143 g/mol. The van der Waals surface area contributed by atoms with Gasteiger partial charge >= 0.3 is 7.60 Å². The van der Waals surface area contributed by atoms with Gasteiger partial charge in [-0.15, -0.1) is 0 Å². The normalized spacial score (nSPS) is 16.0. The third-order valence-corrected chi connectivity index (χ3v) is 1.50. The summed E-state index contributed by atoms with van der Waals surface area (Å²) in [5, 5.41) is 0. The molecule has 4 N–H and O–H groups in total. The van der Waals surface area contributed by atoms with Crippen LogP contribution in [-0.2, 0) is 4.57 Å². The first-order chi connectivity index (χ1) is 3.48. The van der Waals surface area contributed by atoms with E-state index in [2.05, 4.69) is 5.73 Å². The molecule has 0 rings (SSSR count). The van der Waals surface area contributed by atoms with E-state index in [0.717, 1.165) is 0 Å². The zero-order valence-electron chi connectivity index (χ0n) is 3.99. The van der Waals surface area contributed by atoms with Crippen molar-refractivity contribution in [2.45, 2.75) is 5.91 Å². The maximum absolute atomic E-state index is 11.8. The smallest absolute Gasteiger partial charge is 0.327 e. The molecule has 0 aliphatic rings. The van der Waals surface area contributed by atoms with Gasteiger partial charge in [0, 0.05) is 6.54 Å². The van der Waals surface area contributed by atoms with Crippen LogP contribution in [0.15, 0.2) is 0 Å². The van der Waals surface area contributed by atoms with Crippen molar-refractivity contribution in [3.63, 3.8) is 0 Å². The van der Waals surface area contributed by atoms with Crippen LogP contribution < -0.4 is 5.73 Å². The van der Waals surface area contributed by atoms with Crippen LogP contribution in [0.5, 0.6) is 0 Å². The van der Waals surface area contributed by atoms with Gasteiger partial charge in [-0.25, -0.2) is 4.39 Å². The molecule has 0 spiro atoms. The second-order valence-electron chi connectivity index (χ2n) is 1.26. The van der Waals surface area contributed by atoms with Gasteiger partial charge in [0.2, 0.25) is 5.91 Å².